The average molecular weight is 351 g/mol. The molecule has 0 bridgehead atoms. The predicted octanol–water partition coefficient (Wildman–Crippen LogP) is 0.706. The molecule has 1 aromatic heterocycles. The molecule has 0 aromatic carbocycles. The molecule has 25 heavy (non-hydrogen) atoms. The van der Waals surface area contributed by atoms with Crippen molar-refractivity contribution in [2.75, 3.05) is 45.2 Å². The third-order valence-electron chi connectivity index (χ3n) is 4.43. The lowest BCUT2D eigenvalue weighted by molar-refractivity contribution is -0.136. The first-order valence-corrected chi connectivity index (χ1v) is 8.91. The highest BCUT2D eigenvalue weighted by molar-refractivity contribution is 6.39. The molecule has 2 N–H and O–H groups in total. The van der Waals surface area contributed by atoms with Crippen LogP contribution in [0.15, 0.2) is 12.4 Å². The Hall–Kier alpha value is -1.93. The summed E-state index contributed by atoms with van der Waals surface area (Å²) in [6.45, 7) is 7.13. The molecule has 0 spiro atoms. The fraction of sp³-hybridized carbons (Fsp3) is 0.706. The van der Waals surface area contributed by atoms with Crippen molar-refractivity contribution in [1.29, 1.82) is 0 Å². The largest absolute Gasteiger partial charge is 0.383 e. The minimum atomic E-state index is -0.668. The van der Waals surface area contributed by atoms with Gasteiger partial charge in [-0.25, -0.2) is 0 Å². The number of likely N-dealkylation sites (tertiary alicyclic amines) is 1. The minimum absolute atomic E-state index is 0.499. The lowest BCUT2D eigenvalue weighted by Crippen LogP contribution is -2.38. The third-order valence-corrected chi connectivity index (χ3v) is 4.43. The van der Waals surface area contributed by atoms with E-state index in [2.05, 4.69) is 27.6 Å². The highest BCUT2D eigenvalue weighted by Gasteiger charge is 2.16. The maximum absolute atomic E-state index is 11.9. The van der Waals surface area contributed by atoms with Crippen LogP contribution in [0.2, 0.25) is 0 Å². The van der Waals surface area contributed by atoms with Gasteiger partial charge < -0.3 is 20.3 Å². The number of rotatable bonds is 8. The number of nitrogens with one attached hydrogen (secondary N) is 2. The van der Waals surface area contributed by atoms with E-state index >= 15 is 0 Å². The summed E-state index contributed by atoms with van der Waals surface area (Å²) in [5.74, 6) is -0.464. The summed E-state index contributed by atoms with van der Waals surface area (Å²) < 4.78 is 6.61. The number of methoxy groups -OCH3 is 1. The van der Waals surface area contributed by atoms with E-state index in [1.807, 2.05) is 0 Å². The zero-order chi connectivity index (χ0) is 18.1. The first-order chi connectivity index (χ1) is 12.1. The summed E-state index contributed by atoms with van der Waals surface area (Å²) in [6.07, 6.45) is 6.52. The molecular weight excluding hydrogens is 322 g/mol. The summed E-state index contributed by atoms with van der Waals surface area (Å²) in [6, 6.07) is 0. The molecule has 140 valence electrons. The number of hydrogen-bond donors (Lipinski definition) is 2. The predicted molar refractivity (Wildman–Crippen MR) is 95.2 cm³/mol. The van der Waals surface area contributed by atoms with Gasteiger partial charge in [0.15, 0.2) is 0 Å². The highest BCUT2D eigenvalue weighted by Crippen LogP contribution is 2.15. The van der Waals surface area contributed by atoms with E-state index in [-0.39, 0.29) is 0 Å². The summed E-state index contributed by atoms with van der Waals surface area (Å²) in [5.41, 5.74) is 0.499. The van der Waals surface area contributed by atoms with Gasteiger partial charge in [-0.2, -0.15) is 5.10 Å². The number of carbonyl (C=O) groups excluding carboxylic acids is 2. The van der Waals surface area contributed by atoms with Gasteiger partial charge >= 0.3 is 11.8 Å². The van der Waals surface area contributed by atoms with Gasteiger partial charge in [-0.15, -0.1) is 0 Å². The van der Waals surface area contributed by atoms with E-state index in [0.29, 0.717) is 25.4 Å². The SMILES string of the molecule is COCCn1cc(NC(=O)C(=O)NCCCN2CCC(C)CC2)cn1. The van der Waals surface area contributed by atoms with Crippen molar-refractivity contribution in [2.24, 2.45) is 5.92 Å². The lowest BCUT2D eigenvalue weighted by Gasteiger charge is -2.30. The van der Waals surface area contributed by atoms with Crippen LogP contribution in [-0.4, -0.2) is 66.4 Å². The summed E-state index contributed by atoms with van der Waals surface area (Å²) in [4.78, 5) is 26.1. The van der Waals surface area contributed by atoms with Crippen LogP contribution in [-0.2, 0) is 20.9 Å². The molecule has 2 rings (SSSR count). The smallest absolute Gasteiger partial charge is 0.313 e. The maximum atomic E-state index is 11.9. The molecule has 1 aromatic rings. The number of ether oxygens (including phenoxy) is 1. The zero-order valence-corrected chi connectivity index (χ0v) is 15.2. The Morgan fingerprint density at radius 2 is 2.04 bits per heavy atom. The van der Waals surface area contributed by atoms with Crippen LogP contribution in [0.25, 0.3) is 0 Å². The van der Waals surface area contributed by atoms with Crippen molar-refractivity contribution in [3.63, 3.8) is 0 Å². The van der Waals surface area contributed by atoms with E-state index in [4.69, 9.17) is 4.74 Å². The van der Waals surface area contributed by atoms with Crippen molar-refractivity contribution < 1.29 is 14.3 Å². The lowest BCUT2D eigenvalue weighted by atomic mass is 9.99. The fourth-order valence-electron chi connectivity index (χ4n) is 2.79. The molecule has 2 heterocycles. The molecular formula is C17H29N5O3. The molecule has 0 atom stereocenters. The van der Waals surface area contributed by atoms with E-state index in [1.165, 1.54) is 19.0 Å². The van der Waals surface area contributed by atoms with E-state index in [9.17, 15) is 9.59 Å². The van der Waals surface area contributed by atoms with Gasteiger partial charge in [0.05, 0.1) is 25.0 Å². The molecule has 8 heteroatoms. The Morgan fingerprint density at radius 1 is 1.28 bits per heavy atom. The van der Waals surface area contributed by atoms with Crippen molar-refractivity contribution in [3.05, 3.63) is 12.4 Å². The number of aromatic nitrogens is 2. The molecule has 0 saturated carbocycles. The summed E-state index contributed by atoms with van der Waals surface area (Å²) in [5, 5.41) is 9.30. The topological polar surface area (TPSA) is 88.5 Å². The van der Waals surface area contributed by atoms with Crippen molar-refractivity contribution in [3.8, 4) is 0 Å². The van der Waals surface area contributed by atoms with Gasteiger partial charge in [0.2, 0.25) is 0 Å². The molecule has 0 radical (unpaired) electrons. The molecule has 1 aliphatic rings. The second-order valence-electron chi connectivity index (χ2n) is 6.57. The number of piperidine rings is 1. The highest BCUT2D eigenvalue weighted by atomic mass is 16.5. The Balaban J connectivity index is 1.61. The van der Waals surface area contributed by atoms with Crippen LogP contribution >= 0.6 is 0 Å². The number of nitrogens with zero attached hydrogens (tertiary/aromatic N) is 3. The molecule has 0 unspecified atom stereocenters. The Bertz CT molecular complexity index is 552. The van der Waals surface area contributed by atoms with E-state index in [1.54, 1.807) is 18.0 Å². The zero-order valence-electron chi connectivity index (χ0n) is 15.2. The molecule has 1 saturated heterocycles. The van der Waals surface area contributed by atoms with Gasteiger partial charge in [-0.05, 0) is 44.8 Å². The number of hydrogen-bond acceptors (Lipinski definition) is 5. The van der Waals surface area contributed by atoms with Crippen LogP contribution in [0.3, 0.4) is 0 Å². The van der Waals surface area contributed by atoms with Crippen molar-refractivity contribution in [2.45, 2.75) is 32.7 Å². The van der Waals surface area contributed by atoms with Crippen LogP contribution in [0.4, 0.5) is 5.69 Å². The number of anilines is 1. The van der Waals surface area contributed by atoms with Crippen LogP contribution < -0.4 is 10.6 Å². The Morgan fingerprint density at radius 3 is 2.76 bits per heavy atom. The van der Waals surface area contributed by atoms with E-state index in [0.717, 1.165) is 32.0 Å². The second kappa shape index (κ2) is 10.1. The maximum Gasteiger partial charge on any atom is 0.313 e. The van der Waals surface area contributed by atoms with Gasteiger partial charge in [0, 0.05) is 19.9 Å². The van der Waals surface area contributed by atoms with Gasteiger partial charge in [-0.1, -0.05) is 6.92 Å². The molecule has 1 fully saturated rings. The Kier molecular flexibility index (Phi) is 7.87. The van der Waals surface area contributed by atoms with Crippen LogP contribution in [0.1, 0.15) is 26.2 Å². The minimum Gasteiger partial charge on any atom is -0.383 e. The first kappa shape index (κ1) is 19.4. The quantitative estimate of drug-likeness (QED) is 0.532. The van der Waals surface area contributed by atoms with Crippen LogP contribution in [0, 0.1) is 5.92 Å². The van der Waals surface area contributed by atoms with Crippen LogP contribution in [0.5, 0.6) is 0 Å². The normalized spacial score (nSPS) is 15.9. The summed E-state index contributed by atoms with van der Waals surface area (Å²) in [7, 11) is 1.61. The molecule has 0 aliphatic carbocycles. The standard InChI is InChI=1S/C17H29N5O3/c1-14-4-8-21(9-5-14)7-3-6-18-16(23)17(24)20-15-12-19-22(13-15)10-11-25-2/h12-14H,3-11H2,1-2H3,(H,18,23)(H,20,24). The third kappa shape index (κ3) is 6.83. The van der Waals surface area contributed by atoms with Gasteiger partial charge in [0.25, 0.3) is 0 Å². The fourth-order valence-corrected chi connectivity index (χ4v) is 2.79. The molecule has 8 nitrogen and oxygen atoms in total. The second-order valence-corrected chi connectivity index (χ2v) is 6.57. The average Bonchev–Trinajstić information content (AvgIpc) is 3.05. The monoisotopic (exact) mass is 351 g/mol. The van der Waals surface area contributed by atoms with E-state index < -0.39 is 11.8 Å². The summed E-state index contributed by atoms with van der Waals surface area (Å²) >= 11 is 0. The molecule has 2 amide bonds. The van der Waals surface area contributed by atoms with Gasteiger partial charge in [0.1, 0.15) is 0 Å². The number of carbonyl (C=O) groups is 2. The van der Waals surface area contributed by atoms with Crippen molar-refractivity contribution in [1.82, 2.24) is 20.0 Å². The molecule has 1 aliphatic heterocycles. The van der Waals surface area contributed by atoms with Crippen molar-refractivity contribution >= 4 is 17.5 Å². The first-order valence-electron chi connectivity index (χ1n) is 8.91. The van der Waals surface area contributed by atoms with Gasteiger partial charge in [-0.3, -0.25) is 14.3 Å². The Labute approximate surface area is 148 Å². The number of amides is 2.